The second kappa shape index (κ2) is 7.67. The standard InChI is InChI=1S/C16H15N3O/c17-19-18-12-6-10-15-9-4-5-11-16(15)20-13-14-7-2-1-3-8-14/h1-11H,12-13H2. The van der Waals surface area contributed by atoms with Crippen LogP contribution in [0.25, 0.3) is 16.5 Å². The Morgan fingerprint density at radius 3 is 2.60 bits per heavy atom. The third kappa shape index (κ3) is 4.19. The van der Waals surface area contributed by atoms with Gasteiger partial charge < -0.3 is 4.74 Å². The Hall–Kier alpha value is -2.71. The Labute approximate surface area is 118 Å². The fourth-order valence-electron chi connectivity index (χ4n) is 1.75. The smallest absolute Gasteiger partial charge is 0.127 e. The van der Waals surface area contributed by atoms with E-state index in [1.54, 1.807) is 0 Å². The molecule has 20 heavy (non-hydrogen) atoms. The molecule has 0 fully saturated rings. The van der Waals surface area contributed by atoms with E-state index in [-0.39, 0.29) is 0 Å². The first-order chi connectivity index (χ1) is 9.90. The van der Waals surface area contributed by atoms with Crippen LogP contribution >= 0.6 is 0 Å². The Morgan fingerprint density at radius 1 is 1.05 bits per heavy atom. The third-order valence-electron chi connectivity index (χ3n) is 2.70. The summed E-state index contributed by atoms with van der Waals surface area (Å²) in [4.78, 5) is 2.71. The number of hydrogen-bond acceptors (Lipinski definition) is 2. The molecule has 0 radical (unpaired) electrons. The summed E-state index contributed by atoms with van der Waals surface area (Å²) in [6.45, 7) is 0.867. The van der Waals surface area contributed by atoms with Crippen LogP contribution in [0.3, 0.4) is 0 Å². The molecule has 0 aliphatic rings. The summed E-state index contributed by atoms with van der Waals surface area (Å²) in [7, 11) is 0. The molecule has 0 aromatic heterocycles. The van der Waals surface area contributed by atoms with Crippen molar-refractivity contribution in [2.75, 3.05) is 6.54 Å². The second-order valence-electron chi connectivity index (χ2n) is 4.13. The van der Waals surface area contributed by atoms with E-state index >= 15 is 0 Å². The molecule has 0 amide bonds. The summed E-state index contributed by atoms with van der Waals surface area (Å²) in [5, 5.41) is 3.46. The molecule has 4 heteroatoms. The number of rotatable bonds is 6. The quantitative estimate of drug-likeness (QED) is 0.428. The van der Waals surface area contributed by atoms with Gasteiger partial charge in [0.2, 0.25) is 0 Å². The van der Waals surface area contributed by atoms with E-state index in [1.807, 2.05) is 66.7 Å². The van der Waals surface area contributed by atoms with E-state index in [2.05, 4.69) is 10.0 Å². The van der Waals surface area contributed by atoms with Crippen molar-refractivity contribution in [2.45, 2.75) is 6.61 Å². The highest BCUT2D eigenvalue weighted by molar-refractivity contribution is 5.57. The van der Waals surface area contributed by atoms with Gasteiger partial charge in [-0.05, 0) is 17.2 Å². The van der Waals surface area contributed by atoms with E-state index in [0.717, 1.165) is 16.9 Å². The maximum atomic E-state index is 8.23. The van der Waals surface area contributed by atoms with Crippen LogP contribution in [0.1, 0.15) is 11.1 Å². The van der Waals surface area contributed by atoms with Gasteiger partial charge in [-0.3, -0.25) is 0 Å². The molecule has 0 atom stereocenters. The van der Waals surface area contributed by atoms with Crippen LogP contribution in [0, 0.1) is 0 Å². The minimum atomic E-state index is 0.337. The fraction of sp³-hybridized carbons (Fsp3) is 0.125. The van der Waals surface area contributed by atoms with Crippen molar-refractivity contribution in [1.29, 1.82) is 0 Å². The minimum absolute atomic E-state index is 0.337. The normalized spacial score (nSPS) is 10.2. The zero-order chi connectivity index (χ0) is 14.0. The number of hydrogen-bond donors (Lipinski definition) is 0. The lowest BCUT2D eigenvalue weighted by molar-refractivity contribution is 0.305. The number of para-hydroxylation sites is 1. The van der Waals surface area contributed by atoms with Crippen molar-refractivity contribution in [3.63, 3.8) is 0 Å². The lowest BCUT2D eigenvalue weighted by Gasteiger charge is -2.09. The van der Waals surface area contributed by atoms with Crippen molar-refractivity contribution >= 4 is 6.08 Å². The van der Waals surface area contributed by atoms with Gasteiger partial charge in [-0.2, -0.15) is 0 Å². The van der Waals surface area contributed by atoms with Gasteiger partial charge in [0.25, 0.3) is 0 Å². The van der Waals surface area contributed by atoms with Crippen LogP contribution in [0.4, 0.5) is 0 Å². The Kier molecular flexibility index (Phi) is 5.26. The third-order valence-corrected chi connectivity index (χ3v) is 2.70. The van der Waals surface area contributed by atoms with Gasteiger partial charge in [0.15, 0.2) is 0 Å². The van der Waals surface area contributed by atoms with Crippen molar-refractivity contribution in [1.82, 2.24) is 0 Å². The molecule has 0 saturated heterocycles. The van der Waals surface area contributed by atoms with Crippen LogP contribution < -0.4 is 4.74 Å². The van der Waals surface area contributed by atoms with E-state index in [1.165, 1.54) is 0 Å². The molecule has 0 heterocycles. The van der Waals surface area contributed by atoms with Crippen molar-refractivity contribution in [3.05, 3.63) is 82.2 Å². The topological polar surface area (TPSA) is 58.0 Å². The predicted molar refractivity (Wildman–Crippen MR) is 80.3 cm³/mol. The Balaban J connectivity index is 2.04. The molecule has 4 nitrogen and oxygen atoms in total. The van der Waals surface area contributed by atoms with Gasteiger partial charge in [-0.25, -0.2) is 0 Å². The van der Waals surface area contributed by atoms with Gasteiger partial charge in [0, 0.05) is 17.0 Å². The highest BCUT2D eigenvalue weighted by atomic mass is 16.5. The maximum absolute atomic E-state index is 8.23. The van der Waals surface area contributed by atoms with Gasteiger partial charge >= 0.3 is 0 Å². The number of azide groups is 1. The average molecular weight is 265 g/mol. The predicted octanol–water partition coefficient (Wildman–Crippen LogP) is 4.59. The molecule has 0 saturated carbocycles. The maximum Gasteiger partial charge on any atom is 0.127 e. The minimum Gasteiger partial charge on any atom is -0.488 e. The largest absolute Gasteiger partial charge is 0.488 e. The Bertz CT molecular complexity index is 617. The summed E-state index contributed by atoms with van der Waals surface area (Å²) in [6.07, 6.45) is 3.71. The number of ether oxygens (including phenoxy) is 1. The zero-order valence-corrected chi connectivity index (χ0v) is 11.0. The summed E-state index contributed by atoms with van der Waals surface area (Å²) in [5.41, 5.74) is 10.3. The van der Waals surface area contributed by atoms with Gasteiger partial charge in [-0.15, -0.1) is 0 Å². The molecule has 0 aliphatic carbocycles. The molecule has 0 unspecified atom stereocenters. The zero-order valence-electron chi connectivity index (χ0n) is 11.0. The lowest BCUT2D eigenvalue weighted by atomic mass is 10.2. The van der Waals surface area contributed by atoms with E-state index in [0.29, 0.717) is 13.2 Å². The molecular formula is C16H15N3O. The van der Waals surface area contributed by atoms with Crippen LogP contribution in [0.5, 0.6) is 5.75 Å². The molecule has 2 rings (SSSR count). The SMILES string of the molecule is [N-]=[N+]=NCC=Cc1ccccc1OCc1ccccc1. The Morgan fingerprint density at radius 2 is 1.80 bits per heavy atom. The molecule has 0 bridgehead atoms. The van der Waals surface area contributed by atoms with Gasteiger partial charge in [0.05, 0.1) is 0 Å². The van der Waals surface area contributed by atoms with Crippen LogP contribution in [0.15, 0.2) is 65.8 Å². The van der Waals surface area contributed by atoms with E-state index in [4.69, 9.17) is 10.3 Å². The first-order valence-electron chi connectivity index (χ1n) is 6.33. The van der Waals surface area contributed by atoms with Crippen LogP contribution in [0.2, 0.25) is 0 Å². The first kappa shape index (κ1) is 13.7. The van der Waals surface area contributed by atoms with Crippen LogP contribution in [-0.2, 0) is 6.61 Å². The first-order valence-corrected chi connectivity index (χ1v) is 6.33. The summed E-state index contributed by atoms with van der Waals surface area (Å²) >= 11 is 0. The van der Waals surface area contributed by atoms with Crippen molar-refractivity contribution in [2.24, 2.45) is 5.11 Å². The summed E-state index contributed by atoms with van der Waals surface area (Å²) in [6, 6.07) is 17.8. The molecule has 0 spiro atoms. The van der Waals surface area contributed by atoms with Crippen molar-refractivity contribution < 1.29 is 4.74 Å². The fourth-order valence-corrected chi connectivity index (χ4v) is 1.75. The summed E-state index contributed by atoms with van der Waals surface area (Å²) in [5.74, 6) is 0.813. The van der Waals surface area contributed by atoms with Crippen LogP contribution in [-0.4, -0.2) is 6.54 Å². The average Bonchev–Trinajstić information content (AvgIpc) is 2.51. The highest BCUT2D eigenvalue weighted by Gasteiger charge is 2.00. The highest BCUT2D eigenvalue weighted by Crippen LogP contribution is 2.20. The number of nitrogens with zero attached hydrogens (tertiary/aromatic N) is 3. The van der Waals surface area contributed by atoms with E-state index < -0.39 is 0 Å². The molecular weight excluding hydrogens is 250 g/mol. The van der Waals surface area contributed by atoms with Gasteiger partial charge in [0.1, 0.15) is 12.4 Å². The van der Waals surface area contributed by atoms with E-state index in [9.17, 15) is 0 Å². The van der Waals surface area contributed by atoms with Crippen molar-refractivity contribution in [3.8, 4) is 5.75 Å². The molecule has 0 N–H and O–H groups in total. The monoisotopic (exact) mass is 265 g/mol. The van der Waals surface area contributed by atoms with Gasteiger partial charge in [-0.1, -0.05) is 65.8 Å². The second-order valence-corrected chi connectivity index (χ2v) is 4.13. The molecule has 100 valence electrons. The summed E-state index contributed by atoms with van der Waals surface area (Å²) < 4.78 is 5.83. The molecule has 2 aromatic carbocycles. The molecule has 0 aliphatic heterocycles. The lowest BCUT2D eigenvalue weighted by Crippen LogP contribution is -1.96. The molecule has 2 aromatic rings. The number of benzene rings is 2.